The predicted octanol–water partition coefficient (Wildman–Crippen LogP) is 11.7. The molecule has 11 rings (SSSR count). The molecule has 0 radical (unpaired) electrons. The largest absolute Gasteiger partial charge is 0.456 e. The number of furan rings is 2. The highest BCUT2D eigenvalue weighted by atomic mass is 32.1. The summed E-state index contributed by atoms with van der Waals surface area (Å²) in [6, 6.07) is 53.7. The van der Waals surface area contributed by atoms with Crippen molar-refractivity contribution in [3.05, 3.63) is 168 Å². The highest BCUT2D eigenvalue weighted by Crippen LogP contribution is 2.44. The van der Waals surface area contributed by atoms with Crippen LogP contribution in [0.15, 0.2) is 160 Å². The van der Waals surface area contributed by atoms with Gasteiger partial charge in [0.15, 0.2) is 0 Å². The molecule has 3 aromatic heterocycles. The zero-order chi connectivity index (χ0) is 33.5. The van der Waals surface area contributed by atoms with Crippen LogP contribution in [0.25, 0.3) is 75.2 Å². The molecule has 244 valence electrons. The molecule has 0 amide bonds. The molecule has 3 unspecified atom stereocenters. The van der Waals surface area contributed by atoms with E-state index in [4.69, 9.17) is 8.83 Å². The lowest BCUT2D eigenvalue weighted by Crippen LogP contribution is -2.54. The van der Waals surface area contributed by atoms with Crippen molar-refractivity contribution in [2.45, 2.75) is 18.5 Å². The fourth-order valence-electron chi connectivity index (χ4n) is 7.96. The third-order valence-electron chi connectivity index (χ3n) is 10.4. The fourth-order valence-corrected chi connectivity index (χ4v) is 9.17. The minimum Gasteiger partial charge on any atom is -0.456 e. The van der Waals surface area contributed by atoms with E-state index in [0.717, 1.165) is 55.0 Å². The second-order valence-corrected chi connectivity index (χ2v) is 14.4. The first-order chi connectivity index (χ1) is 25.2. The molecule has 0 spiro atoms. The Labute approximate surface area is 297 Å². The number of benzene rings is 7. The van der Waals surface area contributed by atoms with E-state index in [2.05, 4.69) is 143 Å². The zero-order valence-corrected chi connectivity index (χ0v) is 28.2. The number of hydrogen-bond donors (Lipinski definition) is 3. The minimum atomic E-state index is -0.106. The van der Waals surface area contributed by atoms with Gasteiger partial charge in [0.05, 0.1) is 18.5 Å². The van der Waals surface area contributed by atoms with Gasteiger partial charge in [0, 0.05) is 52.8 Å². The van der Waals surface area contributed by atoms with Gasteiger partial charge in [-0.15, -0.1) is 11.3 Å². The van der Waals surface area contributed by atoms with Crippen LogP contribution in [0.5, 0.6) is 0 Å². The maximum Gasteiger partial charge on any atom is 0.143 e. The Morgan fingerprint density at radius 2 is 0.961 bits per heavy atom. The van der Waals surface area contributed by atoms with Crippen LogP contribution in [0.1, 0.15) is 35.2 Å². The van der Waals surface area contributed by atoms with Gasteiger partial charge in [-0.1, -0.05) is 115 Å². The second kappa shape index (κ2) is 11.4. The first-order valence-corrected chi connectivity index (χ1v) is 18.2. The van der Waals surface area contributed by atoms with Crippen LogP contribution in [0.4, 0.5) is 0 Å². The zero-order valence-electron chi connectivity index (χ0n) is 27.4. The van der Waals surface area contributed by atoms with Crippen LogP contribution in [0.3, 0.4) is 0 Å². The molecule has 3 N–H and O–H groups in total. The SMILES string of the molecule is c1ccc(C2NC(c3ccc4oc5ccccc5c4c3)NC(c3ccc4sc5c(-c6cccc7c6oc6ccccc67)cccc5c4c3)N2)cc1. The van der Waals surface area contributed by atoms with E-state index in [1.54, 1.807) is 0 Å². The van der Waals surface area contributed by atoms with Crippen molar-refractivity contribution in [3.8, 4) is 11.1 Å². The molecule has 0 bridgehead atoms. The Morgan fingerprint density at radius 3 is 1.75 bits per heavy atom. The first kappa shape index (κ1) is 29.0. The van der Waals surface area contributed by atoms with Crippen molar-refractivity contribution < 1.29 is 8.83 Å². The average molecular weight is 678 g/mol. The summed E-state index contributed by atoms with van der Waals surface area (Å²) in [5.74, 6) is 0. The van der Waals surface area contributed by atoms with Crippen LogP contribution in [0, 0.1) is 0 Å². The lowest BCUT2D eigenvalue weighted by Gasteiger charge is -2.39. The number of hydrogen-bond acceptors (Lipinski definition) is 6. The van der Waals surface area contributed by atoms with Crippen molar-refractivity contribution in [3.63, 3.8) is 0 Å². The third kappa shape index (κ3) is 4.65. The second-order valence-electron chi connectivity index (χ2n) is 13.4. The smallest absolute Gasteiger partial charge is 0.143 e. The maximum absolute atomic E-state index is 6.47. The van der Waals surface area contributed by atoms with Gasteiger partial charge in [0.2, 0.25) is 0 Å². The Morgan fingerprint density at radius 1 is 0.392 bits per heavy atom. The quantitative estimate of drug-likeness (QED) is 0.173. The Hall–Kier alpha value is -5.76. The normalized spacial score (nSPS) is 18.2. The van der Waals surface area contributed by atoms with E-state index in [1.165, 1.54) is 36.9 Å². The monoisotopic (exact) mass is 677 g/mol. The average Bonchev–Trinajstić information content (AvgIpc) is 3.89. The summed E-state index contributed by atoms with van der Waals surface area (Å²) in [4.78, 5) is 0. The molecule has 0 saturated carbocycles. The van der Waals surface area contributed by atoms with Crippen molar-refractivity contribution in [2.75, 3.05) is 0 Å². The van der Waals surface area contributed by atoms with Crippen molar-refractivity contribution in [1.29, 1.82) is 0 Å². The molecule has 3 atom stereocenters. The number of thiophene rings is 1. The van der Waals surface area contributed by atoms with E-state index in [-0.39, 0.29) is 18.5 Å². The molecule has 1 saturated heterocycles. The molecular weight excluding hydrogens is 647 g/mol. The van der Waals surface area contributed by atoms with Gasteiger partial charge in [0.1, 0.15) is 22.3 Å². The number of fused-ring (bicyclic) bond motifs is 9. The minimum absolute atomic E-state index is 0.0648. The van der Waals surface area contributed by atoms with E-state index < -0.39 is 0 Å². The third-order valence-corrected chi connectivity index (χ3v) is 11.6. The summed E-state index contributed by atoms with van der Waals surface area (Å²) < 4.78 is 15.2. The molecule has 6 heteroatoms. The van der Waals surface area contributed by atoms with E-state index in [0.29, 0.717) is 0 Å². The van der Waals surface area contributed by atoms with Crippen molar-refractivity contribution in [2.24, 2.45) is 0 Å². The fraction of sp³-hybridized carbons (Fsp3) is 0.0667. The van der Waals surface area contributed by atoms with Crippen LogP contribution in [-0.2, 0) is 0 Å². The number of para-hydroxylation sites is 3. The molecule has 1 aliphatic heterocycles. The predicted molar refractivity (Wildman–Crippen MR) is 210 cm³/mol. The maximum atomic E-state index is 6.47. The van der Waals surface area contributed by atoms with Gasteiger partial charge in [-0.3, -0.25) is 16.0 Å². The number of rotatable bonds is 4. The van der Waals surface area contributed by atoms with Crippen LogP contribution in [-0.4, -0.2) is 0 Å². The summed E-state index contributed by atoms with van der Waals surface area (Å²) in [5.41, 5.74) is 9.52. The summed E-state index contributed by atoms with van der Waals surface area (Å²) in [6.07, 6.45) is -0.277. The molecule has 1 aliphatic rings. The highest BCUT2D eigenvalue weighted by molar-refractivity contribution is 7.26. The topological polar surface area (TPSA) is 62.4 Å². The van der Waals surface area contributed by atoms with Crippen molar-refractivity contribution >= 4 is 75.4 Å². The Balaban J connectivity index is 1.01. The molecule has 1 fully saturated rings. The lowest BCUT2D eigenvalue weighted by molar-refractivity contribution is 0.203. The lowest BCUT2D eigenvalue weighted by atomic mass is 9.99. The molecule has 7 aromatic carbocycles. The van der Waals surface area contributed by atoms with Crippen LogP contribution >= 0.6 is 11.3 Å². The van der Waals surface area contributed by atoms with Crippen molar-refractivity contribution in [1.82, 2.24) is 16.0 Å². The number of nitrogens with one attached hydrogen (secondary N) is 3. The summed E-state index contributed by atoms with van der Waals surface area (Å²) in [5, 5.41) is 18.7. The Kier molecular flexibility index (Phi) is 6.48. The first-order valence-electron chi connectivity index (χ1n) is 17.4. The van der Waals surface area contributed by atoms with Gasteiger partial charge in [-0.2, -0.15) is 0 Å². The molecule has 51 heavy (non-hydrogen) atoms. The Bertz CT molecular complexity index is 2940. The molecule has 4 heterocycles. The molecular formula is C45H31N3O2S. The summed E-state index contributed by atoms with van der Waals surface area (Å²) >= 11 is 1.85. The van der Waals surface area contributed by atoms with E-state index >= 15 is 0 Å². The van der Waals surface area contributed by atoms with Gasteiger partial charge >= 0.3 is 0 Å². The standard InChI is InChI=1S/C45H31N3O2S/c1-2-10-26(11-3-1)43-46-44(27-20-22-39-35(24-27)30-13-5-6-18-37(30)49-39)48-45(47-43)28-21-23-40-36(25-28)34-17-9-16-33(42(34)51-40)32-15-8-14-31-29-12-4-7-19-38(29)50-41(31)32/h1-25,43-48H. The van der Waals surface area contributed by atoms with E-state index in [1.807, 2.05) is 35.6 Å². The van der Waals surface area contributed by atoms with Crippen LogP contribution < -0.4 is 16.0 Å². The van der Waals surface area contributed by atoms with Gasteiger partial charge < -0.3 is 8.83 Å². The summed E-state index contributed by atoms with van der Waals surface area (Å²) in [6.45, 7) is 0. The van der Waals surface area contributed by atoms with Crippen LogP contribution in [0.2, 0.25) is 0 Å². The van der Waals surface area contributed by atoms with Gasteiger partial charge in [0.25, 0.3) is 0 Å². The van der Waals surface area contributed by atoms with E-state index in [9.17, 15) is 0 Å². The van der Waals surface area contributed by atoms with Gasteiger partial charge in [-0.05, 0) is 53.1 Å². The molecule has 5 nitrogen and oxygen atoms in total. The van der Waals surface area contributed by atoms with Gasteiger partial charge in [-0.25, -0.2) is 0 Å². The summed E-state index contributed by atoms with van der Waals surface area (Å²) in [7, 11) is 0. The molecule has 0 aliphatic carbocycles. The highest BCUT2D eigenvalue weighted by Gasteiger charge is 2.30. The molecule has 10 aromatic rings.